The number of aromatic nitrogens is 2. The monoisotopic (exact) mass is 266 g/mol. The van der Waals surface area contributed by atoms with E-state index in [0.717, 1.165) is 32.8 Å². The molecule has 0 amide bonds. The Kier molecular flexibility index (Phi) is 1.58. The van der Waals surface area contributed by atoms with Gasteiger partial charge in [-0.3, -0.25) is 0 Å². The number of nitrogens with zero attached hydrogens (tertiary/aromatic N) is 2. The van der Waals surface area contributed by atoms with E-state index in [1.54, 1.807) is 12.1 Å². The van der Waals surface area contributed by atoms with Gasteiger partial charge < -0.3 is 8.80 Å². The second-order valence-corrected chi connectivity index (χ2v) is 5.06. The number of fused-ring (bicyclic) bond motifs is 6. The van der Waals surface area contributed by atoms with Crippen LogP contribution in [0.5, 0.6) is 0 Å². The maximum atomic E-state index is 13.6. The summed E-state index contributed by atoms with van der Waals surface area (Å²) in [6.07, 6.45) is 3.90. The molecule has 3 aromatic heterocycles. The predicted octanol–water partition coefficient (Wildman–Crippen LogP) is 4.21. The summed E-state index contributed by atoms with van der Waals surface area (Å²) in [5.74, 6) is -0.559. The van der Waals surface area contributed by atoms with E-state index in [0.29, 0.717) is 0 Å². The summed E-state index contributed by atoms with van der Waals surface area (Å²) in [4.78, 5) is 0. The Bertz CT molecular complexity index is 1030. The molecule has 5 rings (SSSR count). The summed E-state index contributed by atoms with van der Waals surface area (Å²) in [7, 11) is 0. The van der Waals surface area contributed by atoms with Crippen molar-refractivity contribution in [3.63, 3.8) is 0 Å². The van der Waals surface area contributed by atoms with Crippen LogP contribution in [0, 0.1) is 11.6 Å². The van der Waals surface area contributed by atoms with Crippen LogP contribution in [-0.2, 0) is 0 Å². The van der Waals surface area contributed by atoms with Crippen LogP contribution in [0.15, 0.2) is 48.8 Å². The Morgan fingerprint density at radius 2 is 1.20 bits per heavy atom. The lowest BCUT2D eigenvalue weighted by molar-refractivity contribution is 0.629. The maximum Gasteiger partial charge on any atom is 0.130 e. The molecule has 0 radical (unpaired) electrons. The maximum absolute atomic E-state index is 13.6. The smallest absolute Gasteiger partial charge is 0.130 e. The van der Waals surface area contributed by atoms with Crippen LogP contribution in [0.25, 0.3) is 32.8 Å². The Morgan fingerprint density at radius 3 is 1.70 bits per heavy atom. The normalized spacial score (nSPS) is 12.5. The van der Waals surface area contributed by atoms with Crippen LogP contribution in [0.2, 0.25) is 0 Å². The van der Waals surface area contributed by atoms with Gasteiger partial charge in [0.1, 0.15) is 17.3 Å². The standard InChI is InChI=1S/C16H8F2N2/c17-9-1-3-13-11(7-9)15-12-8-10(18)2-4-14(12)20-6-5-19(13)16(15)20/h1-8H. The minimum Gasteiger partial charge on any atom is -0.300 e. The summed E-state index contributed by atoms with van der Waals surface area (Å²) >= 11 is 0. The fraction of sp³-hybridized carbons (Fsp3) is 0. The summed E-state index contributed by atoms with van der Waals surface area (Å²) in [6.45, 7) is 0. The SMILES string of the molecule is Fc1ccc2c(c1)c1c3cc(F)ccc3n3ccn2c13. The topological polar surface area (TPSA) is 8.82 Å². The molecule has 0 spiro atoms. The highest BCUT2D eigenvalue weighted by atomic mass is 19.1. The summed E-state index contributed by atoms with van der Waals surface area (Å²) in [5.41, 5.74) is 2.83. The molecule has 96 valence electrons. The molecule has 20 heavy (non-hydrogen) atoms. The first kappa shape index (κ1) is 10.2. The van der Waals surface area contributed by atoms with Gasteiger partial charge in [-0.2, -0.15) is 0 Å². The van der Waals surface area contributed by atoms with E-state index in [-0.39, 0.29) is 11.6 Å². The van der Waals surface area contributed by atoms with E-state index < -0.39 is 0 Å². The average Bonchev–Trinajstić information content (AvgIpc) is 3.04. The zero-order valence-corrected chi connectivity index (χ0v) is 10.3. The molecule has 2 aromatic carbocycles. The number of benzene rings is 2. The van der Waals surface area contributed by atoms with Crippen molar-refractivity contribution in [1.82, 2.24) is 8.80 Å². The van der Waals surface area contributed by atoms with Gasteiger partial charge in [0.05, 0.1) is 11.0 Å². The molecule has 5 aromatic rings. The van der Waals surface area contributed by atoms with Crippen molar-refractivity contribution >= 4 is 32.8 Å². The van der Waals surface area contributed by atoms with Crippen molar-refractivity contribution in [1.29, 1.82) is 0 Å². The highest BCUT2D eigenvalue weighted by molar-refractivity contribution is 6.21. The number of halogens is 2. The van der Waals surface area contributed by atoms with Crippen LogP contribution in [0.1, 0.15) is 0 Å². The Morgan fingerprint density at radius 1 is 0.700 bits per heavy atom. The van der Waals surface area contributed by atoms with Gasteiger partial charge in [-0.25, -0.2) is 8.78 Å². The third-order valence-electron chi connectivity index (χ3n) is 4.02. The number of imidazole rings is 1. The van der Waals surface area contributed by atoms with E-state index >= 15 is 0 Å². The molecule has 0 fully saturated rings. The van der Waals surface area contributed by atoms with Crippen molar-refractivity contribution in [2.45, 2.75) is 0 Å². The minimum absolute atomic E-state index is 0.279. The van der Waals surface area contributed by atoms with Crippen molar-refractivity contribution in [2.75, 3.05) is 0 Å². The van der Waals surface area contributed by atoms with Gasteiger partial charge in [0.2, 0.25) is 0 Å². The molecule has 4 heteroatoms. The van der Waals surface area contributed by atoms with E-state index in [9.17, 15) is 8.78 Å². The van der Waals surface area contributed by atoms with E-state index in [4.69, 9.17) is 0 Å². The van der Waals surface area contributed by atoms with Crippen molar-refractivity contribution in [3.05, 3.63) is 60.4 Å². The number of rotatable bonds is 0. The summed E-state index contributed by atoms with van der Waals surface area (Å²) < 4.78 is 31.2. The van der Waals surface area contributed by atoms with Crippen molar-refractivity contribution in [2.24, 2.45) is 0 Å². The fourth-order valence-electron chi connectivity index (χ4n) is 3.24. The zero-order valence-electron chi connectivity index (χ0n) is 10.3. The second-order valence-electron chi connectivity index (χ2n) is 5.06. The van der Waals surface area contributed by atoms with Gasteiger partial charge in [-0.1, -0.05) is 0 Å². The fourth-order valence-corrected chi connectivity index (χ4v) is 3.24. The number of hydrogen-bond acceptors (Lipinski definition) is 0. The van der Waals surface area contributed by atoms with E-state index in [1.807, 2.05) is 21.2 Å². The molecule has 3 heterocycles. The average molecular weight is 266 g/mol. The zero-order chi connectivity index (χ0) is 13.4. The van der Waals surface area contributed by atoms with Crippen LogP contribution < -0.4 is 0 Å². The lowest BCUT2D eigenvalue weighted by atomic mass is 10.1. The molecule has 0 saturated heterocycles. The third kappa shape index (κ3) is 1.00. The lowest BCUT2D eigenvalue weighted by Gasteiger charge is -1.95. The van der Waals surface area contributed by atoms with E-state index in [2.05, 4.69) is 0 Å². The van der Waals surface area contributed by atoms with Gasteiger partial charge in [0.15, 0.2) is 0 Å². The van der Waals surface area contributed by atoms with Crippen molar-refractivity contribution in [3.8, 4) is 0 Å². The lowest BCUT2D eigenvalue weighted by Crippen LogP contribution is -1.80. The first-order chi connectivity index (χ1) is 9.74. The Labute approximate surface area is 111 Å². The van der Waals surface area contributed by atoms with Crippen LogP contribution in [-0.4, -0.2) is 8.80 Å². The molecule has 0 bridgehead atoms. The second kappa shape index (κ2) is 3.10. The van der Waals surface area contributed by atoms with Crippen LogP contribution >= 0.6 is 0 Å². The third-order valence-corrected chi connectivity index (χ3v) is 4.02. The van der Waals surface area contributed by atoms with Gasteiger partial charge >= 0.3 is 0 Å². The van der Waals surface area contributed by atoms with Crippen LogP contribution in [0.4, 0.5) is 8.78 Å². The first-order valence-electron chi connectivity index (χ1n) is 6.35. The molecular weight excluding hydrogens is 258 g/mol. The molecule has 0 aliphatic heterocycles. The molecule has 2 nitrogen and oxygen atoms in total. The number of hydrogen-bond donors (Lipinski definition) is 0. The van der Waals surface area contributed by atoms with Gasteiger partial charge in [-0.15, -0.1) is 0 Å². The Balaban J connectivity index is 2.23. The minimum atomic E-state index is -0.279. The summed E-state index contributed by atoms with van der Waals surface area (Å²) in [6, 6.07) is 9.45. The molecule has 0 saturated carbocycles. The van der Waals surface area contributed by atoms with Gasteiger partial charge in [-0.05, 0) is 36.4 Å². The Hall–Kier alpha value is -2.62. The quantitative estimate of drug-likeness (QED) is 0.397. The molecule has 0 atom stereocenters. The van der Waals surface area contributed by atoms with Crippen molar-refractivity contribution < 1.29 is 8.78 Å². The van der Waals surface area contributed by atoms with Gasteiger partial charge in [0, 0.05) is 28.6 Å². The molecule has 0 aliphatic rings. The predicted molar refractivity (Wildman–Crippen MR) is 74.5 cm³/mol. The molecule has 0 N–H and O–H groups in total. The molecular formula is C16H8F2N2. The summed E-state index contributed by atoms with van der Waals surface area (Å²) in [5, 5.41) is 2.54. The largest absolute Gasteiger partial charge is 0.300 e. The molecule has 0 aliphatic carbocycles. The van der Waals surface area contributed by atoms with Gasteiger partial charge in [0.25, 0.3) is 0 Å². The highest BCUT2D eigenvalue weighted by Gasteiger charge is 2.18. The molecule has 0 unspecified atom stereocenters. The highest BCUT2D eigenvalue weighted by Crippen LogP contribution is 2.37. The van der Waals surface area contributed by atoms with E-state index in [1.165, 1.54) is 24.3 Å². The first-order valence-corrected chi connectivity index (χ1v) is 6.35. The van der Waals surface area contributed by atoms with Crippen LogP contribution in [0.3, 0.4) is 0 Å².